The second kappa shape index (κ2) is 6.96. The molecule has 6 heteroatoms. The Morgan fingerprint density at radius 2 is 2.20 bits per heavy atom. The maximum absolute atomic E-state index is 13.4. The van der Waals surface area contributed by atoms with Gasteiger partial charge in [-0.05, 0) is 56.0 Å². The van der Waals surface area contributed by atoms with Gasteiger partial charge in [-0.2, -0.15) is 5.10 Å². The Labute approximate surface area is 146 Å². The van der Waals surface area contributed by atoms with E-state index in [9.17, 15) is 9.18 Å². The van der Waals surface area contributed by atoms with Crippen molar-refractivity contribution in [2.24, 2.45) is 0 Å². The molecule has 4 rings (SSSR count). The summed E-state index contributed by atoms with van der Waals surface area (Å²) in [5, 5.41) is 7.90. The summed E-state index contributed by atoms with van der Waals surface area (Å²) in [5.74, 6) is -0.330. The quantitative estimate of drug-likeness (QED) is 0.909. The highest BCUT2D eigenvalue weighted by Gasteiger charge is 2.34. The highest BCUT2D eigenvalue weighted by atomic mass is 19.1. The zero-order valence-electron chi connectivity index (χ0n) is 14.2. The van der Waals surface area contributed by atoms with Crippen molar-refractivity contribution < 1.29 is 9.18 Å². The van der Waals surface area contributed by atoms with Crippen LogP contribution in [0.1, 0.15) is 47.8 Å². The van der Waals surface area contributed by atoms with E-state index in [1.807, 2.05) is 21.8 Å². The molecule has 25 heavy (non-hydrogen) atoms. The molecular formula is C19H23FN4O. The van der Waals surface area contributed by atoms with Crippen molar-refractivity contribution in [1.29, 1.82) is 0 Å². The van der Waals surface area contributed by atoms with Gasteiger partial charge in [0.1, 0.15) is 11.5 Å². The minimum Gasteiger partial charge on any atom is -0.330 e. The standard InChI is InChI=1S/C19H23FN4O/c20-15-4-1-3-14(11-15)13-23(16-6-7-16)19(25)18-8-10-24(22-18)17-5-2-9-21-12-17/h1,3-4,8,10-11,16-17,21H,2,5-7,9,12-13H2. The van der Waals surface area contributed by atoms with Crippen LogP contribution >= 0.6 is 0 Å². The monoisotopic (exact) mass is 342 g/mol. The van der Waals surface area contributed by atoms with Crippen molar-refractivity contribution in [3.63, 3.8) is 0 Å². The molecule has 1 unspecified atom stereocenters. The number of aromatic nitrogens is 2. The van der Waals surface area contributed by atoms with E-state index in [0.717, 1.165) is 44.3 Å². The summed E-state index contributed by atoms with van der Waals surface area (Å²) in [6.07, 6.45) is 6.13. The zero-order chi connectivity index (χ0) is 17.2. The van der Waals surface area contributed by atoms with Crippen LogP contribution in [0.5, 0.6) is 0 Å². The van der Waals surface area contributed by atoms with Crippen LogP contribution in [0.2, 0.25) is 0 Å². The van der Waals surface area contributed by atoms with Crippen LogP contribution in [-0.4, -0.2) is 39.7 Å². The van der Waals surface area contributed by atoms with Gasteiger partial charge in [-0.3, -0.25) is 9.48 Å². The van der Waals surface area contributed by atoms with Gasteiger partial charge >= 0.3 is 0 Å². The van der Waals surface area contributed by atoms with Crippen LogP contribution in [0.25, 0.3) is 0 Å². The number of piperidine rings is 1. The van der Waals surface area contributed by atoms with Gasteiger partial charge < -0.3 is 10.2 Å². The summed E-state index contributed by atoms with van der Waals surface area (Å²) in [7, 11) is 0. The van der Waals surface area contributed by atoms with Crippen LogP contribution in [-0.2, 0) is 6.54 Å². The Balaban J connectivity index is 1.50. The Bertz CT molecular complexity index is 749. The summed E-state index contributed by atoms with van der Waals surface area (Å²) >= 11 is 0. The molecule has 0 radical (unpaired) electrons. The Morgan fingerprint density at radius 1 is 1.32 bits per heavy atom. The summed E-state index contributed by atoms with van der Waals surface area (Å²) in [6.45, 7) is 2.37. The molecule has 1 saturated carbocycles. The van der Waals surface area contributed by atoms with Gasteiger partial charge in [0.2, 0.25) is 0 Å². The lowest BCUT2D eigenvalue weighted by molar-refractivity contribution is 0.0722. The van der Waals surface area contributed by atoms with Crippen LogP contribution in [0, 0.1) is 5.82 Å². The second-order valence-corrected chi connectivity index (χ2v) is 6.98. The SMILES string of the molecule is O=C(c1ccn(C2CCCNC2)n1)N(Cc1cccc(F)c1)C1CC1. The van der Waals surface area contributed by atoms with Gasteiger partial charge in [0.25, 0.3) is 5.91 Å². The Morgan fingerprint density at radius 3 is 2.92 bits per heavy atom. The number of amides is 1. The lowest BCUT2D eigenvalue weighted by Crippen LogP contribution is -2.34. The molecule has 1 aromatic carbocycles. The smallest absolute Gasteiger partial charge is 0.274 e. The first-order chi connectivity index (χ1) is 12.2. The maximum Gasteiger partial charge on any atom is 0.274 e. The number of carbonyl (C=O) groups excluding carboxylic acids is 1. The molecule has 2 aromatic rings. The molecule has 1 saturated heterocycles. The molecular weight excluding hydrogens is 319 g/mol. The fourth-order valence-corrected chi connectivity index (χ4v) is 3.45. The second-order valence-electron chi connectivity index (χ2n) is 6.98. The predicted octanol–water partition coefficient (Wildman–Crippen LogP) is 2.75. The number of carbonyl (C=O) groups is 1. The highest BCUT2D eigenvalue weighted by Crippen LogP contribution is 2.30. The minimum atomic E-state index is -0.269. The molecule has 132 valence electrons. The fourth-order valence-electron chi connectivity index (χ4n) is 3.45. The highest BCUT2D eigenvalue weighted by molar-refractivity contribution is 5.92. The predicted molar refractivity (Wildman–Crippen MR) is 92.7 cm³/mol. The van der Waals surface area contributed by atoms with E-state index in [2.05, 4.69) is 10.4 Å². The summed E-state index contributed by atoms with van der Waals surface area (Å²) in [6, 6.07) is 8.83. The summed E-state index contributed by atoms with van der Waals surface area (Å²) in [4.78, 5) is 14.8. The fraction of sp³-hybridized carbons (Fsp3) is 0.474. The van der Waals surface area contributed by atoms with Crippen LogP contribution in [0.4, 0.5) is 4.39 Å². The number of halogens is 1. The van der Waals surface area contributed by atoms with Gasteiger partial charge in [0.05, 0.1) is 6.04 Å². The third-order valence-corrected chi connectivity index (χ3v) is 4.96. The van der Waals surface area contributed by atoms with E-state index in [1.165, 1.54) is 12.1 Å². The van der Waals surface area contributed by atoms with Gasteiger partial charge in [0, 0.05) is 25.3 Å². The molecule has 1 aromatic heterocycles. The summed E-state index contributed by atoms with van der Waals surface area (Å²) < 4.78 is 15.4. The normalized spacial score (nSPS) is 20.4. The number of rotatable bonds is 5. The minimum absolute atomic E-state index is 0.0609. The largest absolute Gasteiger partial charge is 0.330 e. The van der Waals surface area contributed by atoms with E-state index >= 15 is 0 Å². The van der Waals surface area contributed by atoms with E-state index in [4.69, 9.17) is 0 Å². The van der Waals surface area contributed by atoms with Gasteiger partial charge in [-0.15, -0.1) is 0 Å². The van der Waals surface area contributed by atoms with Gasteiger partial charge in [-0.25, -0.2) is 4.39 Å². The number of hydrogen-bond donors (Lipinski definition) is 1. The van der Waals surface area contributed by atoms with Crippen molar-refractivity contribution >= 4 is 5.91 Å². The first kappa shape index (κ1) is 16.3. The molecule has 1 aliphatic carbocycles. The van der Waals surface area contributed by atoms with Crippen molar-refractivity contribution in [1.82, 2.24) is 20.0 Å². The third-order valence-electron chi connectivity index (χ3n) is 4.96. The number of hydrogen-bond acceptors (Lipinski definition) is 3. The summed E-state index contributed by atoms with van der Waals surface area (Å²) in [5.41, 5.74) is 1.30. The van der Waals surface area contributed by atoms with Crippen molar-refractivity contribution in [2.75, 3.05) is 13.1 Å². The third kappa shape index (κ3) is 3.74. The molecule has 0 spiro atoms. The van der Waals surface area contributed by atoms with Crippen molar-refractivity contribution in [3.8, 4) is 0 Å². The number of nitrogens with zero attached hydrogens (tertiary/aromatic N) is 3. The van der Waals surface area contributed by atoms with Gasteiger partial charge in [-0.1, -0.05) is 12.1 Å². The molecule has 5 nitrogen and oxygen atoms in total. The lowest BCUT2D eigenvalue weighted by atomic mass is 10.1. The number of nitrogens with one attached hydrogen (secondary N) is 1. The lowest BCUT2D eigenvalue weighted by Gasteiger charge is -2.23. The molecule has 1 amide bonds. The molecule has 0 bridgehead atoms. The van der Waals surface area contributed by atoms with E-state index in [-0.39, 0.29) is 17.8 Å². The Kier molecular flexibility index (Phi) is 4.53. The topological polar surface area (TPSA) is 50.2 Å². The van der Waals surface area contributed by atoms with Crippen LogP contribution < -0.4 is 5.32 Å². The molecule has 2 aliphatic rings. The molecule has 1 N–H and O–H groups in total. The average molecular weight is 342 g/mol. The maximum atomic E-state index is 13.4. The first-order valence-corrected chi connectivity index (χ1v) is 9.02. The van der Waals surface area contributed by atoms with E-state index in [0.29, 0.717) is 18.3 Å². The van der Waals surface area contributed by atoms with Crippen molar-refractivity contribution in [2.45, 2.75) is 44.3 Å². The molecule has 1 aliphatic heterocycles. The van der Waals surface area contributed by atoms with E-state index < -0.39 is 0 Å². The van der Waals surface area contributed by atoms with Crippen LogP contribution in [0.15, 0.2) is 36.5 Å². The van der Waals surface area contributed by atoms with Gasteiger partial charge in [0.15, 0.2) is 0 Å². The molecule has 2 fully saturated rings. The molecule has 1 atom stereocenters. The Hall–Kier alpha value is -2.21. The first-order valence-electron chi connectivity index (χ1n) is 9.02. The van der Waals surface area contributed by atoms with E-state index in [1.54, 1.807) is 12.1 Å². The van der Waals surface area contributed by atoms with Crippen LogP contribution in [0.3, 0.4) is 0 Å². The average Bonchev–Trinajstić information content (AvgIpc) is 3.35. The zero-order valence-corrected chi connectivity index (χ0v) is 14.2. The van der Waals surface area contributed by atoms with Crippen molar-refractivity contribution in [3.05, 3.63) is 53.6 Å². The molecule has 2 heterocycles. The number of benzene rings is 1.